The van der Waals surface area contributed by atoms with E-state index in [-0.39, 0.29) is 5.56 Å². The molecule has 5 aromatic rings. The lowest BCUT2D eigenvalue weighted by Gasteiger charge is -2.14. The highest BCUT2D eigenvalue weighted by atomic mass is 35.5. The lowest BCUT2D eigenvalue weighted by molar-refractivity contribution is 0.394. The van der Waals surface area contributed by atoms with E-state index >= 15 is 0 Å². The third-order valence-corrected chi connectivity index (χ3v) is 7.14. The van der Waals surface area contributed by atoms with Crippen molar-refractivity contribution >= 4 is 34.3 Å². The second-order valence-electron chi connectivity index (χ2n) is 7.97. The lowest BCUT2D eigenvalue weighted by atomic mass is 10.0. The van der Waals surface area contributed by atoms with E-state index in [0.29, 0.717) is 44.5 Å². The fourth-order valence-electron chi connectivity index (χ4n) is 4.13. The van der Waals surface area contributed by atoms with Gasteiger partial charge in [0.1, 0.15) is 11.5 Å². The summed E-state index contributed by atoms with van der Waals surface area (Å²) in [6.45, 7) is 2.61. The van der Waals surface area contributed by atoms with E-state index in [4.69, 9.17) is 21.1 Å². The second kappa shape index (κ2) is 10.1. The Morgan fingerprint density at radius 2 is 1.67 bits per heavy atom. The van der Waals surface area contributed by atoms with E-state index in [1.54, 1.807) is 26.4 Å². The molecule has 0 aliphatic heterocycles. The summed E-state index contributed by atoms with van der Waals surface area (Å²) in [6.07, 6.45) is 0. The van der Waals surface area contributed by atoms with E-state index in [2.05, 4.69) is 15.2 Å². The predicted molar refractivity (Wildman–Crippen MR) is 143 cm³/mol. The number of nitrogens with one attached hydrogen (secondary N) is 1. The van der Waals surface area contributed by atoms with E-state index < -0.39 is 0 Å². The van der Waals surface area contributed by atoms with E-state index in [0.717, 1.165) is 22.1 Å². The molecule has 182 valence electrons. The Hall–Kier alpha value is -3.75. The predicted octanol–water partition coefficient (Wildman–Crippen LogP) is 6.30. The zero-order chi connectivity index (χ0) is 25.2. The van der Waals surface area contributed by atoms with Gasteiger partial charge in [0.15, 0.2) is 11.0 Å². The standard InChI is InChI=1S/C27H23ClN4O3S/c1-4-32-25(17-12-19(34-2)15-20(13-17)35-3)30-31-27(32)36-24-23(16-8-6-5-7-9-16)21-14-18(28)10-11-22(21)29-26(24)33/h5-15H,4H2,1-3H3,(H,29,33). The van der Waals surface area contributed by atoms with Crippen LogP contribution in [0.1, 0.15) is 6.92 Å². The van der Waals surface area contributed by atoms with Crippen LogP contribution < -0.4 is 15.0 Å². The summed E-state index contributed by atoms with van der Waals surface area (Å²) in [5.74, 6) is 1.95. The van der Waals surface area contributed by atoms with Crippen LogP contribution in [-0.2, 0) is 6.54 Å². The van der Waals surface area contributed by atoms with Gasteiger partial charge in [-0.1, -0.05) is 41.9 Å². The van der Waals surface area contributed by atoms with Crippen LogP contribution in [0, 0.1) is 0 Å². The van der Waals surface area contributed by atoms with Gasteiger partial charge in [-0.2, -0.15) is 0 Å². The number of benzene rings is 3. The number of halogens is 1. The van der Waals surface area contributed by atoms with Gasteiger partial charge in [-0.15, -0.1) is 10.2 Å². The van der Waals surface area contributed by atoms with Crippen LogP contribution in [0.5, 0.6) is 11.5 Å². The molecule has 0 spiro atoms. The first-order chi connectivity index (χ1) is 17.5. The van der Waals surface area contributed by atoms with Gasteiger partial charge in [0.2, 0.25) is 0 Å². The fourth-order valence-corrected chi connectivity index (χ4v) is 5.36. The Morgan fingerprint density at radius 1 is 0.944 bits per heavy atom. The summed E-state index contributed by atoms with van der Waals surface area (Å²) >= 11 is 7.64. The largest absolute Gasteiger partial charge is 0.497 e. The Morgan fingerprint density at radius 3 is 2.33 bits per heavy atom. The molecule has 3 aromatic carbocycles. The lowest BCUT2D eigenvalue weighted by Crippen LogP contribution is -2.11. The second-order valence-corrected chi connectivity index (χ2v) is 9.38. The van der Waals surface area contributed by atoms with Crippen LogP contribution in [0.15, 0.2) is 81.6 Å². The highest BCUT2D eigenvalue weighted by Gasteiger charge is 2.21. The number of rotatable bonds is 7. The number of aromatic amines is 1. The molecular weight excluding hydrogens is 496 g/mol. The molecule has 0 fully saturated rings. The highest BCUT2D eigenvalue weighted by Crippen LogP contribution is 2.39. The molecule has 36 heavy (non-hydrogen) atoms. The van der Waals surface area contributed by atoms with Gasteiger partial charge in [0.05, 0.1) is 19.1 Å². The topological polar surface area (TPSA) is 82.0 Å². The molecule has 5 rings (SSSR count). The minimum absolute atomic E-state index is 0.205. The SMILES string of the molecule is CCn1c(Sc2c(-c3ccccc3)c3cc(Cl)ccc3[nH]c2=O)nnc1-c1cc(OC)cc(OC)c1. The maximum absolute atomic E-state index is 13.4. The zero-order valence-electron chi connectivity index (χ0n) is 19.9. The number of H-pyrrole nitrogens is 1. The number of fused-ring (bicyclic) bond motifs is 1. The molecule has 9 heteroatoms. The summed E-state index contributed by atoms with van der Waals surface area (Å²) in [7, 11) is 3.21. The first-order valence-electron chi connectivity index (χ1n) is 11.3. The average Bonchev–Trinajstić information content (AvgIpc) is 3.32. The van der Waals surface area contributed by atoms with Crippen molar-refractivity contribution in [2.45, 2.75) is 23.5 Å². The highest BCUT2D eigenvalue weighted by molar-refractivity contribution is 7.99. The van der Waals surface area contributed by atoms with Crippen molar-refractivity contribution in [1.82, 2.24) is 19.7 Å². The van der Waals surface area contributed by atoms with Crippen molar-refractivity contribution in [3.8, 4) is 34.0 Å². The van der Waals surface area contributed by atoms with Crippen LogP contribution in [-0.4, -0.2) is 34.0 Å². The van der Waals surface area contributed by atoms with Crippen molar-refractivity contribution in [2.75, 3.05) is 14.2 Å². The zero-order valence-corrected chi connectivity index (χ0v) is 21.5. The van der Waals surface area contributed by atoms with E-state index in [9.17, 15) is 4.79 Å². The summed E-state index contributed by atoms with van der Waals surface area (Å²) in [5.41, 5.74) is 3.03. The number of aromatic nitrogens is 4. The van der Waals surface area contributed by atoms with Gasteiger partial charge < -0.3 is 19.0 Å². The van der Waals surface area contributed by atoms with Gasteiger partial charge in [-0.25, -0.2) is 0 Å². The monoisotopic (exact) mass is 518 g/mol. The summed E-state index contributed by atoms with van der Waals surface area (Å²) < 4.78 is 12.8. The Bertz CT molecular complexity index is 1590. The molecule has 2 heterocycles. The van der Waals surface area contributed by atoms with Gasteiger partial charge in [-0.05, 0) is 54.6 Å². The van der Waals surface area contributed by atoms with Crippen molar-refractivity contribution in [3.63, 3.8) is 0 Å². The number of methoxy groups -OCH3 is 2. The van der Waals surface area contributed by atoms with Gasteiger partial charge in [0.25, 0.3) is 5.56 Å². The molecule has 0 amide bonds. The van der Waals surface area contributed by atoms with Crippen LogP contribution in [0.4, 0.5) is 0 Å². The van der Waals surface area contributed by atoms with Crippen molar-refractivity contribution in [1.29, 1.82) is 0 Å². The van der Waals surface area contributed by atoms with Crippen LogP contribution in [0.3, 0.4) is 0 Å². The average molecular weight is 519 g/mol. The van der Waals surface area contributed by atoms with E-state index in [1.165, 1.54) is 11.8 Å². The number of hydrogen-bond donors (Lipinski definition) is 1. The van der Waals surface area contributed by atoms with Crippen molar-refractivity contribution < 1.29 is 9.47 Å². The van der Waals surface area contributed by atoms with Crippen LogP contribution in [0.2, 0.25) is 5.02 Å². The molecule has 7 nitrogen and oxygen atoms in total. The van der Waals surface area contributed by atoms with Crippen LogP contribution in [0.25, 0.3) is 33.4 Å². The molecule has 0 bridgehead atoms. The normalized spacial score (nSPS) is 11.1. The minimum atomic E-state index is -0.205. The molecule has 1 N–H and O–H groups in total. The smallest absolute Gasteiger partial charge is 0.263 e. The number of pyridine rings is 1. The van der Waals surface area contributed by atoms with E-state index in [1.807, 2.05) is 66.1 Å². The van der Waals surface area contributed by atoms with Gasteiger partial charge in [0, 0.05) is 39.7 Å². The molecule has 0 unspecified atom stereocenters. The maximum Gasteiger partial charge on any atom is 0.263 e. The quantitative estimate of drug-likeness (QED) is 0.272. The summed E-state index contributed by atoms with van der Waals surface area (Å²) in [6, 6.07) is 20.8. The number of nitrogens with zero attached hydrogens (tertiary/aromatic N) is 3. The van der Waals surface area contributed by atoms with Crippen molar-refractivity contribution in [2.24, 2.45) is 0 Å². The third kappa shape index (κ3) is 4.45. The summed E-state index contributed by atoms with van der Waals surface area (Å²) in [4.78, 5) is 16.9. The van der Waals surface area contributed by atoms with Gasteiger partial charge in [-0.3, -0.25) is 4.79 Å². The minimum Gasteiger partial charge on any atom is -0.497 e. The molecule has 0 radical (unpaired) electrons. The molecule has 0 aliphatic rings. The summed E-state index contributed by atoms with van der Waals surface area (Å²) in [5, 5.41) is 11.0. The van der Waals surface area contributed by atoms with Crippen molar-refractivity contribution in [3.05, 3.63) is 82.1 Å². The fraction of sp³-hybridized carbons (Fsp3) is 0.148. The van der Waals surface area contributed by atoms with Crippen LogP contribution >= 0.6 is 23.4 Å². The first kappa shape index (κ1) is 24.0. The molecule has 0 saturated carbocycles. The number of ether oxygens (including phenoxy) is 2. The first-order valence-corrected chi connectivity index (χ1v) is 12.5. The molecule has 2 aromatic heterocycles. The molecule has 0 aliphatic carbocycles. The Balaban J connectivity index is 1.68. The Labute approximate surface area is 217 Å². The Kier molecular flexibility index (Phi) is 6.71. The molecular formula is C27H23ClN4O3S. The molecule has 0 saturated heterocycles. The molecule has 0 atom stereocenters. The number of hydrogen-bond acceptors (Lipinski definition) is 6. The third-order valence-electron chi connectivity index (χ3n) is 5.83. The van der Waals surface area contributed by atoms with Gasteiger partial charge >= 0.3 is 0 Å². The maximum atomic E-state index is 13.4.